The first-order valence-electron chi connectivity index (χ1n) is 6.77. The van der Waals surface area contributed by atoms with Crippen LogP contribution in [0.25, 0.3) is 0 Å². The molecule has 0 saturated carbocycles. The molecule has 1 aliphatic heterocycles. The molecule has 0 bridgehead atoms. The second-order valence-corrected chi connectivity index (χ2v) is 4.76. The summed E-state index contributed by atoms with van der Waals surface area (Å²) in [6.07, 6.45) is 8.90. The maximum atomic E-state index is 4.12. The molecule has 17 heavy (non-hydrogen) atoms. The molecule has 2 heterocycles. The van der Waals surface area contributed by atoms with Gasteiger partial charge in [-0.3, -0.25) is 4.98 Å². The maximum Gasteiger partial charge on any atom is 0.0299 e. The smallest absolute Gasteiger partial charge is 0.0299 e. The Hall–Kier alpha value is -0.930. The van der Waals surface area contributed by atoms with Gasteiger partial charge in [-0.15, -0.1) is 0 Å². The lowest BCUT2D eigenvalue weighted by atomic mass is 10.1. The molecule has 94 valence electrons. The number of aryl methyl sites for hydroxylation is 1. The highest BCUT2D eigenvalue weighted by atomic mass is 15.1. The van der Waals surface area contributed by atoms with Crippen molar-refractivity contribution in [1.29, 1.82) is 0 Å². The van der Waals surface area contributed by atoms with E-state index in [1.807, 2.05) is 18.5 Å². The van der Waals surface area contributed by atoms with Gasteiger partial charge in [0.05, 0.1) is 0 Å². The third-order valence-electron chi connectivity index (χ3n) is 3.35. The molecule has 0 spiro atoms. The van der Waals surface area contributed by atoms with E-state index < -0.39 is 0 Å². The van der Waals surface area contributed by atoms with Crippen molar-refractivity contribution in [3.8, 4) is 0 Å². The van der Waals surface area contributed by atoms with Crippen LogP contribution in [0.4, 0.5) is 0 Å². The average Bonchev–Trinajstić information content (AvgIpc) is 2.88. The molecular weight excluding hydrogens is 210 g/mol. The van der Waals surface area contributed by atoms with Crippen LogP contribution in [0.5, 0.6) is 0 Å². The van der Waals surface area contributed by atoms with E-state index >= 15 is 0 Å². The second kappa shape index (κ2) is 7.41. The molecule has 0 aliphatic carbocycles. The summed E-state index contributed by atoms with van der Waals surface area (Å²) in [5.41, 5.74) is 1.34. The minimum absolute atomic E-state index is 1.11. The van der Waals surface area contributed by atoms with E-state index in [0.29, 0.717) is 0 Å². The summed E-state index contributed by atoms with van der Waals surface area (Å²) in [5.74, 6) is 0. The van der Waals surface area contributed by atoms with Crippen molar-refractivity contribution in [2.24, 2.45) is 0 Å². The summed E-state index contributed by atoms with van der Waals surface area (Å²) >= 11 is 0. The van der Waals surface area contributed by atoms with E-state index in [1.165, 1.54) is 44.5 Å². The summed E-state index contributed by atoms with van der Waals surface area (Å²) in [5, 5.41) is 3.52. The van der Waals surface area contributed by atoms with Gasteiger partial charge in [0.2, 0.25) is 0 Å². The lowest BCUT2D eigenvalue weighted by Gasteiger charge is -2.14. The highest BCUT2D eigenvalue weighted by molar-refractivity contribution is 5.08. The molecule has 0 aromatic carbocycles. The van der Waals surface area contributed by atoms with Crippen LogP contribution < -0.4 is 5.32 Å². The minimum atomic E-state index is 1.11. The van der Waals surface area contributed by atoms with E-state index in [4.69, 9.17) is 0 Å². The Kier molecular flexibility index (Phi) is 5.46. The lowest BCUT2D eigenvalue weighted by Crippen LogP contribution is -2.30. The van der Waals surface area contributed by atoms with Crippen LogP contribution in [0, 0.1) is 0 Å². The first kappa shape index (κ1) is 12.5. The van der Waals surface area contributed by atoms with Gasteiger partial charge >= 0.3 is 0 Å². The van der Waals surface area contributed by atoms with Crippen molar-refractivity contribution in [3.05, 3.63) is 30.1 Å². The molecule has 0 amide bonds. The highest BCUT2D eigenvalue weighted by Crippen LogP contribution is 2.05. The van der Waals surface area contributed by atoms with Crippen LogP contribution in [-0.2, 0) is 6.42 Å². The van der Waals surface area contributed by atoms with Gasteiger partial charge < -0.3 is 10.2 Å². The van der Waals surface area contributed by atoms with E-state index in [2.05, 4.69) is 21.3 Å². The Balaban J connectivity index is 1.46. The number of hydrogen-bond acceptors (Lipinski definition) is 3. The molecule has 3 heteroatoms. The zero-order valence-electron chi connectivity index (χ0n) is 10.6. The van der Waals surface area contributed by atoms with Gasteiger partial charge in [0, 0.05) is 25.5 Å². The predicted molar refractivity (Wildman–Crippen MR) is 71.1 cm³/mol. The van der Waals surface area contributed by atoms with Crippen LogP contribution in [-0.4, -0.2) is 42.6 Å². The Morgan fingerprint density at radius 2 is 2.12 bits per heavy atom. The van der Waals surface area contributed by atoms with Gasteiger partial charge in [-0.1, -0.05) is 6.07 Å². The van der Waals surface area contributed by atoms with E-state index in [-0.39, 0.29) is 0 Å². The number of pyridine rings is 1. The molecule has 0 unspecified atom stereocenters. The molecular formula is C14H23N3. The number of likely N-dealkylation sites (tertiary alicyclic amines) is 1. The molecule has 0 atom stereocenters. The largest absolute Gasteiger partial charge is 0.315 e. The fourth-order valence-corrected chi connectivity index (χ4v) is 2.33. The summed E-state index contributed by atoms with van der Waals surface area (Å²) in [6.45, 7) is 6.07. The molecule has 2 rings (SSSR count). The summed E-state index contributed by atoms with van der Waals surface area (Å²) in [6, 6.07) is 4.16. The van der Waals surface area contributed by atoms with Crippen molar-refractivity contribution in [1.82, 2.24) is 15.2 Å². The fourth-order valence-electron chi connectivity index (χ4n) is 2.33. The summed E-state index contributed by atoms with van der Waals surface area (Å²) < 4.78 is 0. The number of hydrogen-bond donors (Lipinski definition) is 1. The van der Waals surface area contributed by atoms with Crippen LogP contribution >= 0.6 is 0 Å². The third-order valence-corrected chi connectivity index (χ3v) is 3.35. The predicted octanol–water partition coefficient (Wildman–Crippen LogP) is 1.70. The van der Waals surface area contributed by atoms with Crippen molar-refractivity contribution in [3.63, 3.8) is 0 Å². The molecule has 0 radical (unpaired) electrons. The minimum Gasteiger partial charge on any atom is -0.315 e. The zero-order chi connectivity index (χ0) is 11.8. The Morgan fingerprint density at radius 1 is 1.24 bits per heavy atom. The van der Waals surface area contributed by atoms with Crippen LogP contribution in [0.3, 0.4) is 0 Å². The number of nitrogens with zero attached hydrogens (tertiary/aromatic N) is 2. The quantitative estimate of drug-likeness (QED) is 0.727. The van der Waals surface area contributed by atoms with Crippen LogP contribution in [0.1, 0.15) is 24.8 Å². The van der Waals surface area contributed by atoms with Crippen molar-refractivity contribution >= 4 is 0 Å². The number of aromatic nitrogens is 1. The van der Waals surface area contributed by atoms with E-state index in [9.17, 15) is 0 Å². The van der Waals surface area contributed by atoms with E-state index in [1.54, 1.807) is 0 Å². The Morgan fingerprint density at radius 3 is 2.88 bits per heavy atom. The second-order valence-electron chi connectivity index (χ2n) is 4.76. The fraction of sp³-hybridized carbons (Fsp3) is 0.643. The van der Waals surface area contributed by atoms with Crippen LogP contribution in [0.15, 0.2) is 24.5 Å². The van der Waals surface area contributed by atoms with Gasteiger partial charge in [-0.25, -0.2) is 0 Å². The van der Waals surface area contributed by atoms with Gasteiger partial charge in [-0.05, 0) is 56.9 Å². The monoisotopic (exact) mass is 233 g/mol. The van der Waals surface area contributed by atoms with Gasteiger partial charge in [-0.2, -0.15) is 0 Å². The topological polar surface area (TPSA) is 28.2 Å². The standard InChI is InChI=1S/C14H23N3/c1-2-11-17(10-1)12-9-15-7-3-5-14-6-4-8-16-13-14/h4,6,8,13,15H,1-3,5,7,9-12H2. The molecule has 1 aliphatic rings. The lowest BCUT2D eigenvalue weighted by molar-refractivity contribution is 0.336. The Labute approximate surface area is 104 Å². The average molecular weight is 233 g/mol. The molecule has 1 saturated heterocycles. The molecule has 1 aromatic heterocycles. The molecule has 1 aromatic rings. The summed E-state index contributed by atoms with van der Waals surface area (Å²) in [4.78, 5) is 6.67. The zero-order valence-corrected chi connectivity index (χ0v) is 10.6. The molecule has 3 nitrogen and oxygen atoms in total. The molecule has 1 fully saturated rings. The third kappa shape index (κ3) is 4.84. The Bertz CT molecular complexity index is 294. The van der Waals surface area contributed by atoms with Gasteiger partial charge in [0.1, 0.15) is 0 Å². The van der Waals surface area contributed by atoms with Crippen molar-refractivity contribution in [2.75, 3.05) is 32.7 Å². The SMILES string of the molecule is c1cncc(CCCNCCN2CCCC2)c1. The van der Waals surface area contributed by atoms with Gasteiger partial charge in [0.15, 0.2) is 0 Å². The van der Waals surface area contributed by atoms with E-state index in [0.717, 1.165) is 19.5 Å². The number of rotatable bonds is 7. The molecule has 1 N–H and O–H groups in total. The highest BCUT2D eigenvalue weighted by Gasteiger charge is 2.09. The van der Waals surface area contributed by atoms with Crippen molar-refractivity contribution < 1.29 is 0 Å². The number of nitrogens with one attached hydrogen (secondary N) is 1. The van der Waals surface area contributed by atoms with Gasteiger partial charge in [0.25, 0.3) is 0 Å². The van der Waals surface area contributed by atoms with Crippen LogP contribution in [0.2, 0.25) is 0 Å². The normalized spacial score (nSPS) is 16.5. The first-order chi connectivity index (χ1) is 8.45. The first-order valence-corrected chi connectivity index (χ1v) is 6.77. The van der Waals surface area contributed by atoms with Crippen molar-refractivity contribution in [2.45, 2.75) is 25.7 Å². The maximum absolute atomic E-state index is 4.12. The summed E-state index contributed by atoms with van der Waals surface area (Å²) in [7, 11) is 0.